The van der Waals surface area contributed by atoms with Gasteiger partial charge in [0.05, 0.1) is 24.8 Å². The molecule has 0 aliphatic rings. The van der Waals surface area contributed by atoms with Gasteiger partial charge in [0, 0.05) is 16.5 Å². The lowest BCUT2D eigenvalue weighted by Gasteiger charge is -2.29. The quantitative estimate of drug-likeness (QED) is 0.435. The van der Waals surface area contributed by atoms with Crippen molar-refractivity contribution < 1.29 is 13.9 Å². The number of aryl methyl sites for hydroxylation is 2. The zero-order valence-electron chi connectivity index (χ0n) is 17.8. The molecule has 32 heavy (non-hydrogen) atoms. The Morgan fingerprint density at radius 3 is 2.72 bits per heavy atom. The van der Waals surface area contributed by atoms with Crippen LogP contribution in [0.15, 0.2) is 42.0 Å². The summed E-state index contributed by atoms with van der Waals surface area (Å²) in [4.78, 5) is 23.3. The van der Waals surface area contributed by atoms with Crippen molar-refractivity contribution in [1.29, 1.82) is 0 Å². The van der Waals surface area contributed by atoms with Gasteiger partial charge in [-0.1, -0.05) is 19.4 Å². The molecule has 168 valence electrons. The Balaban J connectivity index is 1.79. The Morgan fingerprint density at radius 1 is 1.22 bits per heavy atom. The van der Waals surface area contributed by atoms with Crippen LogP contribution in [0, 0.1) is 18.6 Å². The number of hydrogen-bond acceptors (Lipinski definition) is 6. The fraction of sp³-hybridized carbons (Fsp3) is 0.364. The average Bonchev–Trinajstić information content (AvgIpc) is 3.36. The lowest BCUT2D eigenvalue weighted by Crippen LogP contribution is -2.40. The maximum atomic E-state index is 14.7. The van der Waals surface area contributed by atoms with Crippen molar-refractivity contribution in [2.75, 3.05) is 0 Å². The Labute approximate surface area is 187 Å². The lowest BCUT2D eigenvalue weighted by molar-refractivity contribution is -0.00641. The summed E-state index contributed by atoms with van der Waals surface area (Å²) >= 11 is 1.50. The van der Waals surface area contributed by atoms with Gasteiger partial charge in [-0.15, -0.1) is 11.3 Å². The molecule has 0 amide bonds. The molecule has 4 rings (SSSR count). The summed E-state index contributed by atoms with van der Waals surface area (Å²) in [6.45, 7) is 3.53. The maximum absolute atomic E-state index is 14.7. The highest BCUT2D eigenvalue weighted by Crippen LogP contribution is 2.30. The molecule has 1 N–H and O–H groups in total. The van der Waals surface area contributed by atoms with Crippen LogP contribution in [-0.2, 0) is 25.1 Å². The first-order chi connectivity index (χ1) is 15.3. The number of halogens is 2. The molecular formula is C22H23F2N5O2S. The third-order valence-corrected chi connectivity index (χ3v) is 6.79. The molecule has 7 nitrogen and oxygen atoms in total. The summed E-state index contributed by atoms with van der Waals surface area (Å²) in [5.41, 5.74) is -1.48. The molecule has 10 heteroatoms. The van der Waals surface area contributed by atoms with Crippen molar-refractivity contribution in [3.63, 3.8) is 0 Å². The summed E-state index contributed by atoms with van der Waals surface area (Å²) < 4.78 is 30.8. The molecule has 0 spiro atoms. The van der Waals surface area contributed by atoms with Crippen molar-refractivity contribution in [2.24, 2.45) is 0 Å². The summed E-state index contributed by atoms with van der Waals surface area (Å²) in [7, 11) is 0. The van der Waals surface area contributed by atoms with Crippen LogP contribution in [0.2, 0.25) is 0 Å². The van der Waals surface area contributed by atoms with Gasteiger partial charge in [0.25, 0.3) is 5.56 Å². The molecule has 0 aliphatic heterocycles. The molecule has 1 unspecified atom stereocenters. The van der Waals surface area contributed by atoms with E-state index in [0.717, 1.165) is 35.8 Å². The second kappa shape index (κ2) is 8.87. The molecule has 3 heterocycles. The van der Waals surface area contributed by atoms with Crippen LogP contribution in [-0.4, -0.2) is 29.4 Å². The summed E-state index contributed by atoms with van der Waals surface area (Å²) in [6, 6.07) is 2.95. The lowest BCUT2D eigenvalue weighted by atomic mass is 9.92. The largest absolute Gasteiger partial charge is 0.381 e. The zero-order valence-corrected chi connectivity index (χ0v) is 18.6. The SMILES string of the molecule is CCCCc1sc2ncn(CC(O)(Cn3cncn3)c3ccc(F)cc3F)c(=O)c2c1C. The fourth-order valence-electron chi connectivity index (χ4n) is 3.84. The van der Waals surface area contributed by atoms with Gasteiger partial charge in [-0.3, -0.25) is 9.36 Å². The molecule has 0 bridgehead atoms. The Bertz CT molecular complexity index is 1300. The summed E-state index contributed by atoms with van der Waals surface area (Å²) in [5.74, 6) is -1.67. The minimum absolute atomic E-state index is 0.146. The van der Waals surface area contributed by atoms with Gasteiger partial charge in [-0.25, -0.2) is 23.4 Å². The number of nitrogens with zero attached hydrogens (tertiary/aromatic N) is 5. The number of aromatic nitrogens is 5. The standard InChI is InChI=1S/C22H23F2N5O2S/c1-3-4-5-18-14(2)19-20(32-18)26-13-28(21(19)30)9-22(31,10-29-12-25-11-27-29)16-7-6-15(23)8-17(16)24/h6-8,11-13,31H,3-5,9-10H2,1-2H3. The van der Waals surface area contributed by atoms with E-state index in [-0.39, 0.29) is 24.2 Å². The van der Waals surface area contributed by atoms with Crippen molar-refractivity contribution in [3.05, 3.63) is 75.2 Å². The highest BCUT2D eigenvalue weighted by atomic mass is 32.1. The van der Waals surface area contributed by atoms with Crippen LogP contribution in [0.4, 0.5) is 8.78 Å². The Hall–Kier alpha value is -2.98. The average molecular weight is 460 g/mol. The van der Waals surface area contributed by atoms with Gasteiger partial charge in [0.2, 0.25) is 0 Å². The Morgan fingerprint density at radius 2 is 2.03 bits per heavy atom. The number of rotatable bonds is 8. The van der Waals surface area contributed by atoms with E-state index in [1.165, 1.54) is 45.6 Å². The van der Waals surface area contributed by atoms with E-state index < -0.39 is 17.2 Å². The molecule has 1 atom stereocenters. The minimum Gasteiger partial charge on any atom is -0.381 e. The predicted molar refractivity (Wildman–Crippen MR) is 118 cm³/mol. The summed E-state index contributed by atoms with van der Waals surface area (Å²) in [5, 5.41) is 16.0. The third-order valence-electron chi connectivity index (χ3n) is 5.53. The number of unbranched alkanes of at least 4 members (excludes halogenated alkanes) is 1. The van der Waals surface area contributed by atoms with Gasteiger partial charge in [-0.05, 0) is 31.4 Å². The van der Waals surface area contributed by atoms with E-state index >= 15 is 0 Å². The van der Waals surface area contributed by atoms with Crippen molar-refractivity contribution in [1.82, 2.24) is 24.3 Å². The fourth-order valence-corrected chi connectivity index (χ4v) is 5.02. The molecule has 0 saturated carbocycles. The normalized spacial score (nSPS) is 13.5. The first kappa shape index (κ1) is 22.2. The molecule has 1 aromatic carbocycles. The van der Waals surface area contributed by atoms with Crippen LogP contribution in [0.5, 0.6) is 0 Å². The van der Waals surface area contributed by atoms with E-state index in [1.54, 1.807) is 0 Å². The van der Waals surface area contributed by atoms with Crippen LogP contribution < -0.4 is 5.56 Å². The monoisotopic (exact) mass is 459 g/mol. The molecule has 0 aliphatic carbocycles. The smallest absolute Gasteiger partial charge is 0.262 e. The van der Waals surface area contributed by atoms with Crippen LogP contribution in [0.25, 0.3) is 10.2 Å². The van der Waals surface area contributed by atoms with Crippen molar-refractivity contribution in [2.45, 2.75) is 51.8 Å². The van der Waals surface area contributed by atoms with Gasteiger partial charge < -0.3 is 5.11 Å². The predicted octanol–water partition coefficient (Wildman–Crippen LogP) is 3.57. The molecule has 4 aromatic rings. The number of fused-ring (bicyclic) bond motifs is 1. The minimum atomic E-state index is -1.90. The molecule has 0 radical (unpaired) electrons. The van der Waals surface area contributed by atoms with Gasteiger partial charge in [0.1, 0.15) is 34.7 Å². The van der Waals surface area contributed by atoms with Gasteiger partial charge >= 0.3 is 0 Å². The van der Waals surface area contributed by atoms with Crippen LogP contribution in [0.3, 0.4) is 0 Å². The van der Waals surface area contributed by atoms with E-state index in [0.29, 0.717) is 16.3 Å². The van der Waals surface area contributed by atoms with E-state index in [9.17, 15) is 18.7 Å². The highest BCUT2D eigenvalue weighted by molar-refractivity contribution is 7.18. The number of benzene rings is 1. The first-order valence-corrected chi connectivity index (χ1v) is 11.1. The van der Waals surface area contributed by atoms with Crippen LogP contribution in [0.1, 0.15) is 35.8 Å². The zero-order chi connectivity index (χ0) is 22.9. The molecule has 0 saturated heterocycles. The second-order valence-corrected chi connectivity index (χ2v) is 8.94. The number of aliphatic hydroxyl groups is 1. The Kier molecular flexibility index (Phi) is 6.16. The van der Waals surface area contributed by atoms with E-state index in [2.05, 4.69) is 22.0 Å². The third kappa shape index (κ3) is 4.20. The van der Waals surface area contributed by atoms with E-state index in [4.69, 9.17) is 0 Å². The molecule has 3 aromatic heterocycles. The van der Waals surface area contributed by atoms with Crippen molar-refractivity contribution >= 4 is 21.6 Å². The highest BCUT2D eigenvalue weighted by Gasteiger charge is 2.35. The second-order valence-electron chi connectivity index (χ2n) is 7.86. The topological polar surface area (TPSA) is 85.8 Å². The van der Waals surface area contributed by atoms with Crippen LogP contribution >= 0.6 is 11.3 Å². The van der Waals surface area contributed by atoms with E-state index in [1.807, 2.05) is 6.92 Å². The maximum Gasteiger partial charge on any atom is 0.262 e. The summed E-state index contributed by atoms with van der Waals surface area (Å²) in [6.07, 6.45) is 6.96. The molecule has 0 fully saturated rings. The van der Waals surface area contributed by atoms with Gasteiger partial charge in [0.15, 0.2) is 0 Å². The van der Waals surface area contributed by atoms with Gasteiger partial charge in [-0.2, -0.15) is 5.10 Å². The van der Waals surface area contributed by atoms with Crippen molar-refractivity contribution in [3.8, 4) is 0 Å². The number of thiophene rings is 1. The first-order valence-electron chi connectivity index (χ1n) is 10.3. The number of hydrogen-bond donors (Lipinski definition) is 1. The molecular weight excluding hydrogens is 436 g/mol.